The van der Waals surface area contributed by atoms with E-state index in [4.69, 9.17) is 4.74 Å². The van der Waals surface area contributed by atoms with Crippen molar-refractivity contribution >= 4 is 11.9 Å². The molecule has 1 atom stereocenters. The average molecular weight is 296 g/mol. The predicted octanol–water partition coefficient (Wildman–Crippen LogP) is 2.30. The highest BCUT2D eigenvalue weighted by molar-refractivity contribution is 5.78. The van der Waals surface area contributed by atoms with Crippen molar-refractivity contribution in [1.29, 1.82) is 0 Å². The van der Waals surface area contributed by atoms with Crippen molar-refractivity contribution in [3.8, 4) is 0 Å². The van der Waals surface area contributed by atoms with Crippen LogP contribution in [0.5, 0.6) is 0 Å². The second kappa shape index (κ2) is 7.78. The van der Waals surface area contributed by atoms with E-state index in [9.17, 15) is 9.59 Å². The van der Waals surface area contributed by atoms with Crippen LogP contribution in [0.4, 0.5) is 4.79 Å². The zero-order valence-electron chi connectivity index (χ0n) is 13.3. The first-order valence-corrected chi connectivity index (χ1v) is 8.28. The third-order valence-corrected chi connectivity index (χ3v) is 4.84. The quantitative estimate of drug-likeness (QED) is 0.802. The number of rotatable bonds is 3. The summed E-state index contributed by atoms with van der Waals surface area (Å²) in [7, 11) is 0. The Hall–Kier alpha value is -1.10. The van der Waals surface area contributed by atoms with E-state index in [1.165, 1.54) is 0 Å². The Labute approximate surface area is 127 Å². The number of hydrogen-bond donors (Lipinski definition) is 0. The fraction of sp³-hybridized carbons (Fsp3) is 0.875. The molecule has 0 saturated carbocycles. The van der Waals surface area contributed by atoms with Crippen LogP contribution in [0.1, 0.15) is 46.0 Å². The van der Waals surface area contributed by atoms with E-state index < -0.39 is 0 Å². The first-order valence-electron chi connectivity index (χ1n) is 8.28. The molecule has 2 fully saturated rings. The molecule has 0 aromatic carbocycles. The van der Waals surface area contributed by atoms with Crippen molar-refractivity contribution in [1.82, 2.24) is 9.80 Å². The fourth-order valence-corrected chi connectivity index (χ4v) is 3.51. The van der Waals surface area contributed by atoms with E-state index >= 15 is 0 Å². The molecule has 2 heterocycles. The SMILES string of the molecule is CCOC(=O)N1CCC[C@H](N2CCC(C(C)=O)CC2)CC1. The van der Waals surface area contributed by atoms with Gasteiger partial charge in [0.1, 0.15) is 5.78 Å². The van der Waals surface area contributed by atoms with Crippen molar-refractivity contribution in [3.05, 3.63) is 0 Å². The summed E-state index contributed by atoms with van der Waals surface area (Å²) in [5.74, 6) is 0.604. The molecular weight excluding hydrogens is 268 g/mol. The number of carbonyl (C=O) groups excluding carboxylic acids is 2. The summed E-state index contributed by atoms with van der Waals surface area (Å²) in [4.78, 5) is 27.6. The van der Waals surface area contributed by atoms with Crippen LogP contribution >= 0.6 is 0 Å². The minimum atomic E-state index is -0.173. The molecular formula is C16H28N2O3. The van der Waals surface area contributed by atoms with Gasteiger partial charge in [0.2, 0.25) is 0 Å². The molecule has 2 aliphatic rings. The Balaban J connectivity index is 1.81. The number of ketones is 1. The van der Waals surface area contributed by atoms with E-state index in [0.29, 0.717) is 18.4 Å². The molecule has 120 valence electrons. The molecule has 0 spiro atoms. The number of likely N-dealkylation sites (tertiary alicyclic amines) is 2. The van der Waals surface area contributed by atoms with Gasteiger partial charge in [-0.05, 0) is 59.0 Å². The summed E-state index contributed by atoms with van der Waals surface area (Å²) in [5.41, 5.74) is 0. The van der Waals surface area contributed by atoms with Crippen molar-refractivity contribution < 1.29 is 14.3 Å². The van der Waals surface area contributed by atoms with Gasteiger partial charge in [-0.1, -0.05) is 0 Å². The molecule has 21 heavy (non-hydrogen) atoms. The van der Waals surface area contributed by atoms with Crippen molar-refractivity contribution in [2.45, 2.75) is 52.0 Å². The number of nitrogens with zero attached hydrogens (tertiary/aromatic N) is 2. The summed E-state index contributed by atoms with van der Waals surface area (Å²) in [6, 6.07) is 0.553. The van der Waals surface area contributed by atoms with E-state index in [0.717, 1.165) is 58.3 Å². The van der Waals surface area contributed by atoms with E-state index in [2.05, 4.69) is 4.90 Å². The Kier molecular flexibility index (Phi) is 6.03. The highest BCUT2D eigenvalue weighted by Crippen LogP contribution is 2.24. The van der Waals surface area contributed by atoms with Crippen molar-refractivity contribution in [3.63, 3.8) is 0 Å². The second-order valence-corrected chi connectivity index (χ2v) is 6.19. The molecule has 2 aliphatic heterocycles. The number of piperidine rings is 1. The van der Waals surface area contributed by atoms with Crippen LogP contribution in [-0.2, 0) is 9.53 Å². The molecule has 0 aromatic rings. The maximum Gasteiger partial charge on any atom is 0.409 e. The normalized spacial score (nSPS) is 25.4. The highest BCUT2D eigenvalue weighted by Gasteiger charge is 2.29. The predicted molar refractivity (Wildman–Crippen MR) is 81.2 cm³/mol. The topological polar surface area (TPSA) is 49.9 Å². The molecule has 0 bridgehead atoms. The van der Waals surface area contributed by atoms with Crippen LogP contribution in [0.15, 0.2) is 0 Å². The number of amides is 1. The first-order chi connectivity index (χ1) is 10.1. The lowest BCUT2D eigenvalue weighted by Gasteiger charge is -2.36. The molecule has 5 nitrogen and oxygen atoms in total. The van der Waals surface area contributed by atoms with Gasteiger partial charge in [-0.15, -0.1) is 0 Å². The lowest BCUT2D eigenvalue weighted by molar-refractivity contribution is -0.122. The van der Waals surface area contributed by atoms with Gasteiger partial charge in [-0.3, -0.25) is 4.79 Å². The maximum atomic E-state index is 11.8. The molecule has 0 N–H and O–H groups in total. The number of Topliss-reactive ketones (excluding diaryl/α,β-unsaturated/α-hetero) is 1. The van der Waals surface area contributed by atoms with Gasteiger partial charge in [-0.2, -0.15) is 0 Å². The first kappa shape index (κ1) is 16.3. The monoisotopic (exact) mass is 296 g/mol. The van der Waals surface area contributed by atoms with Gasteiger partial charge in [0.05, 0.1) is 6.61 Å². The smallest absolute Gasteiger partial charge is 0.409 e. The standard InChI is InChI=1S/C16H28N2O3/c1-3-21-16(20)18-9-4-5-15(8-12-18)17-10-6-14(7-11-17)13(2)19/h14-15H,3-12H2,1-2H3/t15-/m0/s1. The van der Waals surface area contributed by atoms with Gasteiger partial charge in [0.15, 0.2) is 0 Å². The van der Waals surface area contributed by atoms with Crippen LogP contribution < -0.4 is 0 Å². The Morgan fingerprint density at radius 3 is 2.38 bits per heavy atom. The Morgan fingerprint density at radius 1 is 1.05 bits per heavy atom. The fourth-order valence-electron chi connectivity index (χ4n) is 3.51. The van der Waals surface area contributed by atoms with Gasteiger partial charge >= 0.3 is 6.09 Å². The number of hydrogen-bond acceptors (Lipinski definition) is 4. The van der Waals surface area contributed by atoms with E-state index in [1.54, 1.807) is 6.92 Å². The van der Waals surface area contributed by atoms with Crippen LogP contribution in [0.2, 0.25) is 0 Å². The second-order valence-electron chi connectivity index (χ2n) is 6.19. The average Bonchev–Trinajstić information content (AvgIpc) is 2.73. The van der Waals surface area contributed by atoms with Crippen LogP contribution in [0.25, 0.3) is 0 Å². The minimum Gasteiger partial charge on any atom is -0.450 e. The highest BCUT2D eigenvalue weighted by atomic mass is 16.6. The maximum absolute atomic E-state index is 11.8. The van der Waals surface area contributed by atoms with Crippen LogP contribution in [0, 0.1) is 5.92 Å². The molecule has 2 rings (SSSR count). The molecule has 5 heteroatoms. The molecule has 0 aromatic heterocycles. The van der Waals surface area contributed by atoms with Gasteiger partial charge in [0, 0.05) is 25.0 Å². The molecule has 2 saturated heterocycles. The summed E-state index contributed by atoms with van der Waals surface area (Å²) in [6.07, 6.45) is 5.01. The van der Waals surface area contributed by atoms with Crippen LogP contribution in [-0.4, -0.2) is 60.5 Å². The summed E-state index contributed by atoms with van der Waals surface area (Å²) in [5, 5.41) is 0. The van der Waals surface area contributed by atoms with Gasteiger partial charge < -0.3 is 14.5 Å². The Morgan fingerprint density at radius 2 is 1.76 bits per heavy atom. The number of ether oxygens (including phenoxy) is 1. The number of carbonyl (C=O) groups is 2. The van der Waals surface area contributed by atoms with Gasteiger partial charge in [-0.25, -0.2) is 4.79 Å². The minimum absolute atomic E-state index is 0.173. The largest absolute Gasteiger partial charge is 0.450 e. The summed E-state index contributed by atoms with van der Waals surface area (Å²) < 4.78 is 5.09. The summed E-state index contributed by atoms with van der Waals surface area (Å²) >= 11 is 0. The molecule has 0 radical (unpaired) electrons. The lowest BCUT2D eigenvalue weighted by Crippen LogP contribution is -2.43. The third-order valence-electron chi connectivity index (χ3n) is 4.84. The van der Waals surface area contributed by atoms with E-state index in [-0.39, 0.29) is 12.0 Å². The zero-order chi connectivity index (χ0) is 15.2. The van der Waals surface area contributed by atoms with Crippen molar-refractivity contribution in [2.75, 3.05) is 32.8 Å². The van der Waals surface area contributed by atoms with E-state index in [1.807, 2.05) is 11.8 Å². The zero-order valence-corrected chi connectivity index (χ0v) is 13.3. The molecule has 1 amide bonds. The third kappa shape index (κ3) is 4.43. The molecule has 0 aliphatic carbocycles. The van der Waals surface area contributed by atoms with Crippen LogP contribution in [0.3, 0.4) is 0 Å². The molecule has 0 unspecified atom stereocenters. The van der Waals surface area contributed by atoms with Crippen molar-refractivity contribution in [2.24, 2.45) is 5.92 Å². The summed E-state index contributed by atoms with van der Waals surface area (Å²) in [6.45, 7) is 7.64. The lowest BCUT2D eigenvalue weighted by atomic mass is 9.91. The van der Waals surface area contributed by atoms with Gasteiger partial charge in [0.25, 0.3) is 0 Å². The Bertz CT molecular complexity index is 365.